The number of fused-ring (bicyclic) bond motifs is 2. The topological polar surface area (TPSA) is 105 Å². The summed E-state index contributed by atoms with van der Waals surface area (Å²) < 4.78 is 11.4. The van der Waals surface area contributed by atoms with Crippen LogP contribution in [0.15, 0.2) is 83.3 Å². The lowest BCUT2D eigenvalue weighted by Gasteiger charge is -2.22. The summed E-state index contributed by atoms with van der Waals surface area (Å²) in [6.45, 7) is 1.51. The van der Waals surface area contributed by atoms with Gasteiger partial charge in [0.15, 0.2) is 11.7 Å². The molecule has 2 aromatic heterocycles. The van der Waals surface area contributed by atoms with Crippen molar-refractivity contribution in [2.24, 2.45) is 0 Å². The molecule has 0 fully saturated rings. The number of esters is 1. The predicted octanol–water partition coefficient (Wildman–Crippen LogP) is 6.88. The largest absolute Gasteiger partial charge is 0.449 e. The lowest BCUT2D eigenvalue weighted by molar-refractivity contribution is -0.123. The summed E-state index contributed by atoms with van der Waals surface area (Å²) in [5.41, 5.74) is 4.79. The van der Waals surface area contributed by atoms with E-state index in [0.29, 0.717) is 39.0 Å². The van der Waals surface area contributed by atoms with Crippen LogP contribution in [0, 0.1) is 11.3 Å². The summed E-state index contributed by atoms with van der Waals surface area (Å²) >= 11 is 1.43. The molecule has 1 N–H and O–H groups in total. The summed E-state index contributed by atoms with van der Waals surface area (Å²) in [6, 6.07) is 26.8. The molecule has 3 aromatic carbocycles. The fourth-order valence-corrected chi connectivity index (χ4v) is 6.41. The molecule has 0 spiro atoms. The van der Waals surface area contributed by atoms with E-state index < -0.39 is 18.0 Å². The lowest BCUT2D eigenvalue weighted by atomic mass is 9.83. The van der Waals surface area contributed by atoms with E-state index >= 15 is 0 Å². The molecule has 0 radical (unpaired) electrons. The maximum atomic E-state index is 13.2. The number of nitriles is 1. The maximum absolute atomic E-state index is 13.2. The quantitative estimate of drug-likeness (QED) is 0.232. The van der Waals surface area contributed by atoms with Gasteiger partial charge in [-0.25, -0.2) is 9.78 Å². The van der Waals surface area contributed by atoms with Gasteiger partial charge in [0.1, 0.15) is 16.6 Å². The van der Waals surface area contributed by atoms with Gasteiger partial charge in [-0.3, -0.25) is 4.79 Å². The van der Waals surface area contributed by atoms with Gasteiger partial charge in [-0.1, -0.05) is 54.6 Å². The van der Waals surface area contributed by atoms with Crippen LogP contribution < -0.4 is 5.32 Å². The number of rotatable bonds is 6. The van der Waals surface area contributed by atoms with Crippen LogP contribution >= 0.6 is 11.3 Å². The number of amides is 1. The van der Waals surface area contributed by atoms with Crippen molar-refractivity contribution < 1.29 is 18.7 Å². The summed E-state index contributed by atoms with van der Waals surface area (Å²) in [7, 11) is 0. The van der Waals surface area contributed by atoms with Crippen LogP contribution in [0.25, 0.3) is 22.6 Å². The van der Waals surface area contributed by atoms with Crippen LogP contribution in [0.1, 0.15) is 51.2 Å². The number of aromatic nitrogens is 1. The summed E-state index contributed by atoms with van der Waals surface area (Å²) in [5, 5.41) is 13.2. The van der Waals surface area contributed by atoms with Gasteiger partial charge < -0.3 is 14.5 Å². The third-order valence-corrected chi connectivity index (χ3v) is 8.38. The Labute approximate surface area is 235 Å². The van der Waals surface area contributed by atoms with Gasteiger partial charge in [0.2, 0.25) is 5.89 Å². The van der Waals surface area contributed by atoms with Crippen LogP contribution in [-0.4, -0.2) is 23.0 Å². The van der Waals surface area contributed by atoms with Gasteiger partial charge in [-0.15, -0.1) is 11.3 Å². The fourth-order valence-electron chi connectivity index (χ4n) is 5.13. The standard InChI is InChI=1S/C32H25N3O4S/c1-19(38-32(37)24-12-6-5-11-23(24)30-34-26-13-7-8-14-27(26)39-30)29(36)35-31-25(18-33)22-16-15-21(17-28(22)40-31)20-9-3-2-4-10-20/h2-14,19,21H,15-17H2,1H3,(H,35,36). The fraction of sp³-hybridized carbons (Fsp3) is 0.188. The van der Waals surface area contributed by atoms with E-state index in [1.54, 1.807) is 30.3 Å². The van der Waals surface area contributed by atoms with E-state index in [9.17, 15) is 14.9 Å². The van der Waals surface area contributed by atoms with E-state index in [1.165, 1.54) is 23.8 Å². The van der Waals surface area contributed by atoms with E-state index in [1.807, 2.05) is 36.4 Å². The highest BCUT2D eigenvalue weighted by molar-refractivity contribution is 7.16. The van der Waals surface area contributed by atoms with Crippen LogP contribution in [-0.2, 0) is 22.4 Å². The minimum atomic E-state index is -1.09. The monoisotopic (exact) mass is 547 g/mol. The highest BCUT2D eigenvalue weighted by Gasteiger charge is 2.29. The van der Waals surface area contributed by atoms with Crippen molar-refractivity contribution >= 4 is 39.3 Å². The van der Waals surface area contributed by atoms with Crippen LogP contribution in [0.5, 0.6) is 0 Å². The third-order valence-electron chi connectivity index (χ3n) is 7.21. The number of thiophene rings is 1. The number of nitrogens with zero attached hydrogens (tertiary/aromatic N) is 2. The molecule has 198 valence electrons. The number of para-hydroxylation sites is 2. The summed E-state index contributed by atoms with van der Waals surface area (Å²) in [6.07, 6.45) is 1.46. The van der Waals surface area contributed by atoms with E-state index in [0.717, 1.165) is 29.7 Å². The Morgan fingerprint density at radius 2 is 1.82 bits per heavy atom. The molecule has 1 aliphatic rings. The molecule has 40 heavy (non-hydrogen) atoms. The van der Waals surface area contributed by atoms with Crippen LogP contribution in [0.3, 0.4) is 0 Å². The predicted molar refractivity (Wildman–Crippen MR) is 153 cm³/mol. The van der Waals surface area contributed by atoms with Gasteiger partial charge in [0.25, 0.3) is 5.91 Å². The van der Waals surface area contributed by atoms with Gasteiger partial charge in [0.05, 0.1) is 16.7 Å². The zero-order valence-electron chi connectivity index (χ0n) is 21.7. The molecule has 0 aliphatic heterocycles. The molecule has 5 aromatic rings. The van der Waals surface area contributed by atoms with Gasteiger partial charge >= 0.3 is 5.97 Å². The Morgan fingerprint density at radius 3 is 2.62 bits per heavy atom. The number of benzene rings is 3. The number of ether oxygens (including phenoxy) is 1. The highest BCUT2D eigenvalue weighted by Crippen LogP contribution is 2.42. The van der Waals surface area contributed by atoms with Crippen LogP contribution in [0.4, 0.5) is 5.00 Å². The number of hydrogen-bond donors (Lipinski definition) is 1. The Bertz CT molecular complexity index is 1730. The number of anilines is 1. The van der Waals surface area contributed by atoms with Gasteiger partial charge in [0, 0.05) is 4.88 Å². The van der Waals surface area contributed by atoms with Crippen molar-refractivity contribution in [3.63, 3.8) is 0 Å². The molecule has 8 heteroatoms. The summed E-state index contributed by atoms with van der Waals surface area (Å²) in [5.74, 6) is -0.495. The summed E-state index contributed by atoms with van der Waals surface area (Å²) in [4.78, 5) is 31.9. The first-order chi connectivity index (χ1) is 19.5. The molecule has 0 saturated heterocycles. The number of nitrogens with one attached hydrogen (secondary N) is 1. The highest BCUT2D eigenvalue weighted by atomic mass is 32.1. The molecule has 2 atom stereocenters. The number of carbonyl (C=O) groups is 2. The number of carbonyl (C=O) groups excluding carboxylic acids is 2. The van der Waals surface area contributed by atoms with Crippen LogP contribution in [0.2, 0.25) is 0 Å². The van der Waals surface area contributed by atoms with Crippen molar-refractivity contribution in [1.82, 2.24) is 4.98 Å². The SMILES string of the molecule is CC(OC(=O)c1ccccc1-c1nc2ccccc2o1)C(=O)Nc1sc2c(c1C#N)CCC(c1ccccc1)C2. The molecule has 6 rings (SSSR count). The van der Waals surface area contributed by atoms with E-state index in [2.05, 4.69) is 28.5 Å². The zero-order chi connectivity index (χ0) is 27.6. The van der Waals surface area contributed by atoms with Crippen molar-refractivity contribution in [3.05, 3.63) is 106 Å². The first kappa shape index (κ1) is 25.5. The minimum Gasteiger partial charge on any atom is -0.449 e. The lowest BCUT2D eigenvalue weighted by Crippen LogP contribution is -2.30. The molecule has 7 nitrogen and oxygen atoms in total. The van der Waals surface area contributed by atoms with E-state index in [4.69, 9.17) is 9.15 Å². The second-order valence-corrected chi connectivity index (χ2v) is 10.8. The zero-order valence-corrected chi connectivity index (χ0v) is 22.5. The maximum Gasteiger partial charge on any atom is 0.339 e. The normalized spacial score (nSPS) is 15.2. The van der Waals surface area contributed by atoms with Crippen molar-refractivity contribution in [2.45, 2.75) is 38.2 Å². The van der Waals surface area contributed by atoms with Gasteiger partial charge in [-0.05, 0) is 67.5 Å². The Morgan fingerprint density at radius 1 is 1.07 bits per heavy atom. The minimum absolute atomic E-state index is 0.241. The molecule has 0 saturated carbocycles. The third kappa shape index (κ3) is 4.88. The second-order valence-electron chi connectivity index (χ2n) is 9.74. The molecular weight excluding hydrogens is 522 g/mol. The molecule has 1 aliphatic carbocycles. The second kappa shape index (κ2) is 10.8. The Hall–Kier alpha value is -4.74. The first-order valence-corrected chi connectivity index (χ1v) is 13.9. The van der Waals surface area contributed by atoms with Gasteiger partial charge in [-0.2, -0.15) is 5.26 Å². The Kier molecular flexibility index (Phi) is 6.89. The average Bonchev–Trinajstić information content (AvgIpc) is 3.58. The molecule has 2 unspecified atom stereocenters. The average molecular weight is 548 g/mol. The molecular formula is C32H25N3O4S. The molecule has 2 heterocycles. The number of hydrogen-bond acceptors (Lipinski definition) is 7. The first-order valence-electron chi connectivity index (χ1n) is 13.1. The molecule has 1 amide bonds. The number of oxazole rings is 1. The van der Waals surface area contributed by atoms with Crippen molar-refractivity contribution in [1.29, 1.82) is 5.26 Å². The molecule has 0 bridgehead atoms. The van der Waals surface area contributed by atoms with E-state index in [-0.39, 0.29) is 5.56 Å². The van der Waals surface area contributed by atoms with Crippen molar-refractivity contribution in [3.8, 4) is 17.5 Å². The smallest absolute Gasteiger partial charge is 0.339 e. The Balaban J connectivity index is 1.17. The van der Waals surface area contributed by atoms with Crippen molar-refractivity contribution in [2.75, 3.05) is 5.32 Å².